The first-order valence-corrected chi connectivity index (χ1v) is 9.10. The van der Waals surface area contributed by atoms with Gasteiger partial charge in [0.15, 0.2) is 4.90 Å². The molecule has 0 aliphatic rings. The van der Waals surface area contributed by atoms with Crippen molar-refractivity contribution < 1.29 is 18.1 Å². The average Bonchev–Trinajstić information content (AvgIpc) is 2.55. The number of para-hydroxylation sites is 1. The summed E-state index contributed by atoms with van der Waals surface area (Å²) in [5, 5.41) is 11.1. The number of nitrogens with one attached hydrogen (secondary N) is 1. The van der Waals surface area contributed by atoms with Crippen LogP contribution in [0.1, 0.15) is 30.9 Å². The molecule has 0 saturated carbocycles. The van der Waals surface area contributed by atoms with Gasteiger partial charge in [0.2, 0.25) is 0 Å². The summed E-state index contributed by atoms with van der Waals surface area (Å²) >= 11 is 0. The number of hydrogen-bond acceptors (Lipinski definition) is 5. The van der Waals surface area contributed by atoms with Gasteiger partial charge in [0.1, 0.15) is 5.75 Å². The largest absolute Gasteiger partial charge is 0.496 e. The summed E-state index contributed by atoms with van der Waals surface area (Å²) in [6.07, 6.45) is 0. The lowest BCUT2D eigenvalue weighted by Crippen LogP contribution is -2.16. The van der Waals surface area contributed by atoms with Crippen molar-refractivity contribution in [1.29, 1.82) is 0 Å². The number of ether oxygens (including phenoxy) is 1. The molecule has 0 bridgehead atoms. The molecule has 2 aromatic rings. The molecule has 0 aliphatic heterocycles. The van der Waals surface area contributed by atoms with Gasteiger partial charge in [-0.25, -0.2) is 8.42 Å². The molecule has 2 rings (SSSR count). The van der Waals surface area contributed by atoms with Gasteiger partial charge in [-0.15, -0.1) is 0 Å². The van der Waals surface area contributed by atoms with Gasteiger partial charge < -0.3 is 4.74 Å². The van der Waals surface area contributed by atoms with Gasteiger partial charge in [-0.1, -0.05) is 26.0 Å². The first kappa shape index (κ1) is 18.7. The lowest BCUT2D eigenvalue weighted by atomic mass is 9.99. The number of nitro benzene ring substituents is 1. The first-order valence-electron chi connectivity index (χ1n) is 7.62. The van der Waals surface area contributed by atoms with E-state index in [-0.39, 0.29) is 10.8 Å². The lowest BCUT2D eigenvalue weighted by molar-refractivity contribution is -0.387. The highest BCUT2D eigenvalue weighted by molar-refractivity contribution is 7.92. The average molecular weight is 364 g/mol. The van der Waals surface area contributed by atoms with Crippen molar-refractivity contribution in [2.45, 2.75) is 31.6 Å². The normalized spacial score (nSPS) is 11.4. The molecular weight excluding hydrogens is 344 g/mol. The minimum absolute atomic E-state index is 0.116. The van der Waals surface area contributed by atoms with Crippen LogP contribution in [0.3, 0.4) is 0 Å². The van der Waals surface area contributed by atoms with Gasteiger partial charge in [-0.3, -0.25) is 14.8 Å². The molecule has 25 heavy (non-hydrogen) atoms. The third-order valence-electron chi connectivity index (χ3n) is 3.79. The number of hydrogen-bond donors (Lipinski definition) is 1. The second kappa shape index (κ2) is 7.10. The van der Waals surface area contributed by atoms with Crippen LogP contribution in [-0.2, 0) is 10.0 Å². The molecule has 0 saturated heterocycles. The van der Waals surface area contributed by atoms with E-state index in [1.165, 1.54) is 18.2 Å². The Morgan fingerprint density at radius 1 is 1.20 bits per heavy atom. The Morgan fingerprint density at radius 3 is 2.40 bits per heavy atom. The summed E-state index contributed by atoms with van der Waals surface area (Å²) in [5.41, 5.74) is 1.39. The van der Waals surface area contributed by atoms with Crippen molar-refractivity contribution in [3.8, 4) is 5.75 Å². The molecule has 0 aliphatic carbocycles. The highest BCUT2D eigenvalue weighted by Crippen LogP contribution is 2.33. The van der Waals surface area contributed by atoms with E-state index in [1.807, 2.05) is 13.8 Å². The van der Waals surface area contributed by atoms with Gasteiger partial charge in [-0.05, 0) is 42.2 Å². The Morgan fingerprint density at radius 2 is 1.84 bits per heavy atom. The number of methoxy groups -OCH3 is 1. The standard InChI is InChI=1S/C17H20N2O5S/c1-11(2)13-10-14(12(3)9-16(13)24-4)18-25(22,23)17-8-6-5-7-15(17)19(20)21/h5-11,18H,1-4H3. The molecule has 0 amide bonds. The van der Waals surface area contributed by atoms with Crippen LogP contribution in [0.5, 0.6) is 5.75 Å². The number of nitrogens with zero attached hydrogens (tertiary/aromatic N) is 1. The van der Waals surface area contributed by atoms with Crippen molar-refractivity contribution in [1.82, 2.24) is 0 Å². The van der Waals surface area contributed by atoms with Crippen LogP contribution < -0.4 is 9.46 Å². The molecule has 0 fully saturated rings. The van der Waals surface area contributed by atoms with Gasteiger partial charge in [0.05, 0.1) is 17.7 Å². The van der Waals surface area contributed by atoms with Gasteiger partial charge in [0, 0.05) is 6.07 Å². The minimum Gasteiger partial charge on any atom is -0.496 e. The zero-order valence-electron chi connectivity index (χ0n) is 14.4. The predicted molar refractivity (Wildman–Crippen MR) is 95.7 cm³/mol. The fourth-order valence-electron chi connectivity index (χ4n) is 2.47. The molecule has 0 radical (unpaired) electrons. The van der Waals surface area contributed by atoms with Crippen LogP contribution in [-0.4, -0.2) is 20.5 Å². The number of nitro groups is 1. The fourth-order valence-corrected chi connectivity index (χ4v) is 3.77. The minimum atomic E-state index is -4.11. The van der Waals surface area contributed by atoms with E-state index in [2.05, 4.69) is 4.72 Å². The molecular formula is C17H20N2O5S. The van der Waals surface area contributed by atoms with Crippen LogP contribution in [0.4, 0.5) is 11.4 Å². The van der Waals surface area contributed by atoms with Crippen LogP contribution in [0.2, 0.25) is 0 Å². The van der Waals surface area contributed by atoms with Gasteiger partial charge >= 0.3 is 0 Å². The Balaban J connectivity index is 2.52. The number of rotatable bonds is 6. The highest BCUT2D eigenvalue weighted by atomic mass is 32.2. The first-order chi connectivity index (χ1) is 11.7. The molecule has 0 heterocycles. The summed E-state index contributed by atoms with van der Waals surface area (Å²) < 4.78 is 33.1. The van der Waals surface area contributed by atoms with E-state index < -0.39 is 20.6 Å². The maximum absolute atomic E-state index is 12.7. The Bertz CT molecular complexity index is 907. The third-order valence-corrected chi connectivity index (χ3v) is 5.21. The van der Waals surface area contributed by atoms with E-state index in [9.17, 15) is 18.5 Å². The molecule has 8 heteroatoms. The summed E-state index contributed by atoms with van der Waals surface area (Å²) in [6.45, 7) is 5.67. The molecule has 2 aromatic carbocycles. The van der Waals surface area contributed by atoms with E-state index in [0.29, 0.717) is 17.0 Å². The second-order valence-corrected chi connectivity index (χ2v) is 7.54. The molecule has 0 aromatic heterocycles. The van der Waals surface area contributed by atoms with Crippen LogP contribution in [0, 0.1) is 17.0 Å². The zero-order chi connectivity index (χ0) is 18.8. The quantitative estimate of drug-likeness (QED) is 0.620. The Hall–Kier alpha value is -2.61. The predicted octanol–water partition coefficient (Wildman–Crippen LogP) is 3.84. The van der Waals surface area contributed by atoms with Crippen molar-refractivity contribution in [2.24, 2.45) is 0 Å². The zero-order valence-corrected chi connectivity index (χ0v) is 15.3. The summed E-state index contributed by atoms with van der Waals surface area (Å²) in [4.78, 5) is 10.0. The second-order valence-electron chi connectivity index (χ2n) is 5.89. The topological polar surface area (TPSA) is 98.5 Å². The third kappa shape index (κ3) is 3.90. The number of sulfonamides is 1. The smallest absolute Gasteiger partial charge is 0.289 e. The molecule has 0 spiro atoms. The van der Waals surface area contributed by atoms with Crippen LogP contribution in [0.25, 0.3) is 0 Å². The van der Waals surface area contributed by atoms with Crippen molar-refractivity contribution in [3.05, 3.63) is 57.6 Å². The van der Waals surface area contributed by atoms with E-state index >= 15 is 0 Å². The molecule has 0 atom stereocenters. The fraction of sp³-hybridized carbons (Fsp3) is 0.294. The van der Waals surface area contributed by atoms with E-state index in [1.54, 1.807) is 26.2 Å². The van der Waals surface area contributed by atoms with Crippen molar-refractivity contribution in [2.75, 3.05) is 11.8 Å². The molecule has 134 valence electrons. The molecule has 7 nitrogen and oxygen atoms in total. The Labute approximate surface area is 146 Å². The SMILES string of the molecule is COc1cc(C)c(NS(=O)(=O)c2ccccc2[N+](=O)[O-])cc1C(C)C. The number of anilines is 1. The maximum atomic E-state index is 12.7. The molecule has 0 unspecified atom stereocenters. The summed E-state index contributed by atoms with van der Waals surface area (Å²) in [6, 6.07) is 8.68. The van der Waals surface area contributed by atoms with Crippen molar-refractivity contribution >= 4 is 21.4 Å². The van der Waals surface area contributed by atoms with E-state index in [4.69, 9.17) is 4.74 Å². The molecule has 1 N–H and O–H groups in total. The van der Waals surface area contributed by atoms with Crippen LogP contribution in [0.15, 0.2) is 41.3 Å². The summed E-state index contributed by atoms with van der Waals surface area (Å²) in [7, 11) is -2.55. The number of aryl methyl sites for hydroxylation is 1. The number of benzene rings is 2. The highest BCUT2D eigenvalue weighted by Gasteiger charge is 2.26. The van der Waals surface area contributed by atoms with Crippen molar-refractivity contribution in [3.63, 3.8) is 0 Å². The summed E-state index contributed by atoms with van der Waals surface area (Å²) in [5.74, 6) is 0.783. The van der Waals surface area contributed by atoms with Gasteiger partial charge in [0.25, 0.3) is 15.7 Å². The van der Waals surface area contributed by atoms with Crippen LogP contribution >= 0.6 is 0 Å². The van der Waals surface area contributed by atoms with E-state index in [0.717, 1.165) is 11.6 Å². The van der Waals surface area contributed by atoms with Gasteiger partial charge in [-0.2, -0.15) is 0 Å². The lowest BCUT2D eigenvalue weighted by Gasteiger charge is -2.17. The monoisotopic (exact) mass is 364 g/mol. The Kier molecular flexibility index (Phi) is 5.32. The maximum Gasteiger partial charge on any atom is 0.289 e.